The van der Waals surface area contributed by atoms with Gasteiger partial charge in [-0.25, -0.2) is 8.42 Å². The molecule has 7 nitrogen and oxygen atoms in total. The predicted molar refractivity (Wildman–Crippen MR) is 138 cm³/mol. The topological polar surface area (TPSA) is 118 Å². The molecule has 34 heavy (non-hydrogen) atoms. The summed E-state index contributed by atoms with van der Waals surface area (Å²) in [4.78, 5) is 13.1. The highest BCUT2D eigenvalue weighted by molar-refractivity contribution is 7.92. The molecule has 0 fully saturated rings. The molecule has 9 heteroatoms. The number of anilines is 1. The van der Waals surface area contributed by atoms with Gasteiger partial charge in [0.05, 0.1) is 16.1 Å². The molecule has 4 aromatic rings. The van der Waals surface area contributed by atoms with E-state index < -0.39 is 10.0 Å². The second-order valence-corrected chi connectivity index (χ2v) is 9.52. The number of ketones is 1. The Kier molecular flexibility index (Phi) is 7.44. The van der Waals surface area contributed by atoms with Crippen molar-refractivity contribution < 1.29 is 13.2 Å². The van der Waals surface area contributed by atoms with Crippen LogP contribution in [0.3, 0.4) is 0 Å². The highest BCUT2D eigenvalue weighted by Gasteiger charge is 2.17. The van der Waals surface area contributed by atoms with Crippen molar-refractivity contribution >= 4 is 50.6 Å². The number of fused-ring (bicyclic) bond motifs is 1. The minimum atomic E-state index is -3.70. The molecule has 0 saturated carbocycles. The van der Waals surface area contributed by atoms with Crippen molar-refractivity contribution in [2.45, 2.75) is 17.7 Å². The molecule has 4 rings (SSSR count). The molecule has 0 aliphatic rings. The summed E-state index contributed by atoms with van der Waals surface area (Å²) in [5.41, 5.74) is 8.91. The molecule has 176 valence electrons. The third-order valence-corrected chi connectivity index (χ3v) is 6.90. The number of hydrogen-bond acceptors (Lipinski definition) is 4. The first-order chi connectivity index (χ1) is 15.7. The Bertz CT molecular complexity index is 1450. The monoisotopic (exact) mass is 496 g/mol. The summed E-state index contributed by atoms with van der Waals surface area (Å²) >= 11 is 0. The quantitative estimate of drug-likeness (QED) is 0.189. The Morgan fingerprint density at radius 3 is 2.35 bits per heavy atom. The smallest absolute Gasteiger partial charge is 0.261 e. The molecular formula is C25H25ClN4O3S. The van der Waals surface area contributed by atoms with Crippen LogP contribution in [0.15, 0.2) is 83.9 Å². The van der Waals surface area contributed by atoms with Crippen LogP contribution < -0.4 is 10.5 Å². The number of Topliss-reactive ketones (excluding diaryl/α,β-unsaturated/α-hetero) is 1. The van der Waals surface area contributed by atoms with Crippen molar-refractivity contribution in [1.82, 2.24) is 4.57 Å². The van der Waals surface area contributed by atoms with Gasteiger partial charge in [-0.15, -0.1) is 12.4 Å². The second kappa shape index (κ2) is 10.1. The van der Waals surface area contributed by atoms with Crippen LogP contribution in [-0.4, -0.2) is 24.6 Å². The number of aryl methyl sites for hydroxylation is 2. The highest BCUT2D eigenvalue weighted by Crippen LogP contribution is 2.27. The lowest BCUT2D eigenvalue weighted by atomic mass is 10.0. The summed E-state index contributed by atoms with van der Waals surface area (Å²) in [5, 5.41) is 8.23. The van der Waals surface area contributed by atoms with Crippen molar-refractivity contribution in [3.63, 3.8) is 0 Å². The molecule has 0 bridgehead atoms. The molecule has 0 atom stereocenters. The van der Waals surface area contributed by atoms with Gasteiger partial charge in [0, 0.05) is 36.2 Å². The van der Waals surface area contributed by atoms with Crippen LogP contribution in [0, 0.1) is 5.41 Å². The van der Waals surface area contributed by atoms with E-state index in [0.717, 1.165) is 16.5 Å². The zero-order chi connectivity index (χ0) is 23.6. The molecule has 0 amide bonds. The van der Waals surface area contributed by atoms with Crippen molar-refractivity contribution in [1.29, 1.82) is 5.41 Å². The summed E-state index contributed by atoms with van der Waals surface area (Å²) in [6.07, 6.45) is 2.69. The fourth-order valence-electron chi connectivity index (χ4n) is 3.73. The molecular weight excluding hydrogens is 472 g/mol. The molecule has 0 spiro atoms. The number of hydrogen-bond donors (Lipinski definition) is 3. The molecule has 3 aromatic carbocycles. The molecule has 0 aliphatic carbocycles. The fourth-order valence-corrected chi connectivity index (χ4v) is 4.80. The second-order valence-electron chi connectivity index (χ2n) is 7.84. The van der Waals surface area contributed by atoms with E-state index in [0.29, 0.717) is 29.7 Å². The maximum Gasteiger partial charge on any atom is 0.261 e. The van der Waals surface area contributed by atoms with Gasteiger partial charge in [-0.2, -0.15) is 0 Å². The van der Waals surface area contributed by atoms with Gasteiger partial charge < -0.3 is 10.3 Å². The number of nitrogen functional groups attached to an aromatic ring is 1. The number of rotatable bonds is 8. The van der Waals surface area contributed by atoms with Crippen LogP contribution in [0.5, 0.6) is 0 Å². The van der Waals surface area contributed by atoms with Gasteiger partial charge in [0.1, 0.15) is 5.84 Å². The van der Waals surface area contributed by atoms with Crippen LogP contribution in [-0.2, 0) is 23.5 Å². The lowest BCUT2D eigenvalue weighted by Gasteiger charge is -2.09. The molecule has 0 saturated heterocycles. The van der Waals surface area contributed by atoms with Crippen LogP contribution in [0.2, 0.25) is 0 Å². The first kappa shape index (κ1) is 25.0. The zero-order valence-electron chi connectivity index (χ0n) is 18.5. The van der Waals surface area contributed by atoms with E-state index in [4.69, 9.17) is 11.1 Å². The first-order valence-electron chi connectivity index (χ1n) is 10.4. The Hall–Kier alpha value is -3.62. The van der Waals surface area contributed by atoms with Gasteiger partial charge in [0.15, 0.2) is 5.78 Å². The van der Waals surface area contributed by atoms with E-state index >= 15 is 0 Å². The normalized spacial score (nSPS) is 11.1. The van der Waals surface area contributed by atoms with Crippen LogP contribution in [0.25, 0.3) is 10.9 Å². The fraction of sp³-hybridized carbons (Fsp3) is 0.120. The van der Waals surface area contributed by atoms with Crippen molar-refractivity contribution in [2.75, 3.05) is 4.72 Å². The number of aromatic nitrogens is 1. The van der Waals surface area contributed by atoms with Crippen LogP contribution >= 0.6 is 12.4 Å². The van der Waals surface area contributed by atoms with Gasteiger partial charge in [-0.3, -0.25) is 14.9 Å². The minimum Gasteiger partial charge on any atom is -0.384 e. The third-order valence-electron chi connectivity index (χ3n) is 5.50. The maximum atomic E-state index is 12.9. The molecule has 0 unspecified atom stereocenters. The maximum absolute atomic E-state index is 12.9. The number of nitrogens with zero attached hydrogens (tertiary/aromatic N) is 1. The van der Waals surface area contributed by atoms with Crippen molar-refractivity contribution in [3.8, 4) is 0 Å². The average Bonchev–Trinajstić information content (AvgIpc) is 3.14. The van der Waals surface area contributed by atoms with E-state index in [1.54, 1.807) is 54.7 Å². The lowest BCUT2D eigenvalue weighted by molar-refractivity contribution is 0.0984. The largest absolute Gasteiger partial charge is 0.384 e. The molecule has 0 radical (unpaired) electrons. The lowest BCUT2D eigenvalue weighted by Crippen LogP contribution is -2.12. The van der Waals surface area contributed by atoms with Crippen LogP contribution in [0.1, 0.15) is 27.9 Å². The molecule has 1 heterocycles. The Labute approximate surface area is 204 Å². The number of carbonyl (C=O) groups is 1. The number of nitrogens with two attached hydrogens (primary N) is 1. The SMILES string of the molecule is Cl.Cn1cc(C(=O)CCc2ccc(C(=N)N)cc2)c2ccc(NS(=O)(=O)c3ccccc3)cc21. The zero-order valence-corrected chi connectivity index (χ0v) is 20.1. The summed E-state index contributed by atoms with van der Waals surface area (Å²) in [7, 11) is -1.87. The molecule has 0 aliphatic heterocycles. The Morgan fingerprint density at radius 2 is 1.71 bits per heavy atom. The highest BCUT2D eigenvalue weighted by atomic mass is 35.5. The molecule has 1 aromatic heterocycles. The van der Waals surface area contributed by atoms with Gasteiger partial charge in [0.2, 0.25) is 0 Å². The van der Waals surface area contributed by atoms with Gasteiger partial charge >= 0.3 is 0 Å². The Morgan fingerprint density at radius 1 is 1.03 bits per heavy atom. The van der Waals surface area contributed by atoms with Crippen molar-refractivity contribution in [2.24, 2.45) is 12.8 Å². The first-order valence-corrected chi connectivity index (χ1v) is 11.9. The number of sulfonamides is 1. The number of nitrogens with one attached hydrogen (secondary N) is 2. The van der Waals surface area contributed by atoms with Crippen molar-refractivity contribution in [3.05, 3.63) is 95.7 Å². The number of amidine groups is 1. The molecule has 4 N–H and O–H groups in total. The van der Waals surface area contributed by atoms with E-state index in [1.807, 2.05) is 23.7 Å². The van der Waals surface area contributed by atoms with Gasteiger partial charge in [-0.05, 0) is 36.2 Å². The third kappa shape index (κ3) is 5.30. The number of carbonyl (C=O) groups excluding carboxylic acids is 1. The predicted octanol–water partition coefficient (Wildman–Crippen LogP) is 4.50. The average molecular weight is 497 g/mol. The number of halogens is 1. The number of benzene rings is 3. The minimum absolute atomic E-state index is 0. The van der Waals surface area contributed by atoms with E-state index in [1.165, 1.54) is 12.1 Å². The summed E-state index contributed by atoms with van der Waals surface area (Å²) in [5.74, 6) is 0.0210. The van der Waals surface area contributed by atoms with Gasteiger partial charge in [-0.1, -0.05) is 48.5 Å². The van der Waals surface area contributed by atoms with Gasteiger partial charge in [0.25, 0.3) is 10.0 Å². The Balaban J connectivity index is 0.00000324. The summed E-state index contributed by atoms with van der Waals surface area (Å²) < 4.78 is 29.7. The summed E-state index contributed by atoms with van der Waals surface area (Å²) in [6.45, 7) is 0. The van der Waals surface area contributed by atoms with E-state index in [-0.39, 0.29) is 28.9 Å². The summed E-state index contributed by atoms with van der Waals surface area (Å²) in [6, 6.07) is 20.6. The standard InChI is InChI=1S/C25H24N4O3S.ClH/c1-29-16-22(24(30)14-9-17-7-10-18(11-8-17)25(26)27)21-13-12-19(15-23(21)29)28-33(31,32)20-5-3-2-4-6-20;/h2-8,10-13,15-16,28H,9,14H2,1H3,(H3,26,27);1H. The van der Waals surface area contributed by atoms with E-state index in [2.05, 4.69) is 4.72 Å². The van der Waals surface area contributed by atoms with Crippen LogP contribution in [0.4, 0.5) is 5.69 Å². The van der Waals surface area contributed by atoms with E-state index in [9.17, 15) is 13.2 Å².